The summed E-state index contributed by atoms with van der Waals surface area (Å²) in [5, 5.41) is 2.05. The van der Waals surface area contributed by atoms with E-state index < -0.39 is 0 Å². The molecule has 0 radical (unpaired) electrons. The molecule has 0 fully saturated rings. The second-order valence-electron chi connectivity index (χ2n) is 6.17. The average molecular weight is 338 g/mol. The van der Waals surface area contributed by atoms with Crippen LogP contribution < -0.4 is 0 Å². The van der Waals surface area contributed by atoms with Crippen molar-refractivity contribution in [2.45, 2.75) is 26.9 Å². The van der Waals surface area contributed by atoms with Gasteiger partial charge in [0.2, 0.25) is 0 Å². The molecule has 4 heteroatoms. The Morgan fingerprint density at radius 1 is 1.12 bits per heavy atom. The monoisotopic (exact) mass is 338 g/mol. The second kappa shape index (κ2) is 7.05. The van der Waals surface area contributed by atoms with Crippen LogP contribution in [-0.4, -0.2) is 15.4 Å². The lowest BCUT2D eigenvalue weighted by atomic mass is 10.0. The zero-order valence-electron chi connectivity index (χ0n) is 14.3. The van der Waals surface area contributed by atoms with E-state index in [0.29, 0.717) is 13.1 Å². The van der Waals surface area contributed by atoms with Crippen molar-refractivity contribution in [1.82, 2.24) is 9.47 Å². The van der Waals surface area contributed by atoms with E-state index in [2.05, 4.69) is 22.1 Å². The maximum atomic E-state index is 13.2. The van der Waals surface area contributed by atoms with Crippen molar-refractivity contribution in [3.63, 3.8) is 0 Å². The van der Waals surface area contributed by atoms with E-state index in [0.717, 1.165) is 22.4 Å². The maximum Gasteiger partial charge on any atom is 0.254 e. The third-order valence-electron chi connectivity index (χ3n) is 4.24. The van der Waals surface area contributed by atoms with Crippen LogP contribution in [0.1, 0.15) is 32.1 Å². The number of aromatic nitrogens is 1. The van der Waals surface area contributed by atoms with Crippen LogP contribution in [0.15, 0.2) is 54.0 Å². The minimum Gasteiger partial charge on any atom is -0.353 e. The molecular formula is C20H22N2OS. The van der Waals surface area contributed by atoms with Crippen molar-refractivity contribution in [1.29, 1.82) is 0 Å². The first-order valence-corrected chi connectivity index (χ1v) is 8.91. The fraction of sp³-hybridized carbons (Fsp3) is 0.250. The van der Waals surface area contributed by atoms with Crippen LogP contribution in [0, 0.1) is 13.8 Å². The van der Waals surface area contributed by atoms with Gasteiger partial charge in [-0.25, -0.2) is 0 Å². The van der Waals surface area contributed by atoms with Gasteiger partial charge in [-0.05, 0) is 49.1 Å². The lowest BCUT2D eigenvalue weighted by Gasteiger charge is -2.23. The van der Waals surface area contributed by atoms with E-state index in [-0.39, 0.29) is 5.91 Å². The van der Waals surface area contributed by atoms with Gasteiger partial charge in [-0.3, -0.25) is 4.79 Å². The van der Waals surface area contributed by atoms with Gasteiger partial charge in [0.15, 0.2) is 0 Å². The first kappa shape index (κ1) is 16.5. The Morgan fingerprint density at radius 3 is 2.62 bits per heavy atom. The summed E-state index contributed by atoms with van der Waals surface area (Å²) in [4.78, 5) is 16.3. The molecule has 2 aromatic heterocycles. The molecule has 1 aromatic carbocycles. The number of aryl methyl sites for hydroxylation is 3. The summed E-state index contributed by atoms with van der Waals surface area (Å²) in [7, 11) is 2.01. The molecule has 1 amide bonds. The zero-order chi connectivity index (χ0) is 17.1. The smallest absolute Gasteiger partial charge is 0.254 e. The normalized spacial score (nSPS) is 10.8. The molecule has 0 N–H and O–H groups in total. The molecule has 0 saturated heterocycles. The quantitative estimate of drug-likeness (QED) is 0.670. The van der Waals surface area contributed by atoms with Crippen LogP contribution in [-0.2, 0) is 20.1 Å². The molecule has 2 heterocycles. The Bertz CT molecular complexity index is 833. The highest BCUT2D eigenvalue weighted by molar-refractivity contribution is 7.09. The number of hydrogen-bond acceptors (Lipinski definition) is 2. The number of carbonyl (C=O) groups excluding carboxylic acids is 1. The van der Waals surface area contributed by atoms with E-state index in [1.54, 1.807) is 11.3 Å². The summed E-state index contributed by atoms with van der Waals surface area (Å²) >= 11 is 1.69. The molecule has 3 aromatic rings. The van der Waals surface area contributed by atoms with E-state index in [9.17, 15) is 4.79 Å². The minimum absolute atomic E-state index is 0.0887. The van der Waals surface area contributed by atoms with Gasteiger partial charge in [-0.15, -0.1) is 11.3 Å². The van der Waals surface area contributed by atoms with Gasteiger partial charge in [0, 0.05) is 29.4 Å². The number of rotatable bonds is 5. The van der Waals surface area contributed by atoms with Crippen LogP contribution in [0.4, 0.5) is 0 Å². The number of thiophene rings is 1. The van der Waals surface area contributed by atoms with Gasteiger partial charge in [-0.2, -0.15) is 0 Å². The lowest BCUT2D eigenvalue weighted by molar-refractivity contribution is 0.0727. The SMILES string of the molecule is Cc1ccc(C)c(C(=O)N(Cc2cccs2)Cc2cccn2C)c1. The van der Waals surface area contributed by atoms with E-state index in [4.69, 9.17) is 0 Å². The van der Waals surface area contributed by atoms with Crippen molar-refractivity contribution in [2.75, 3.05) is 0 Å². The highest BCUT2D eigenvalue weighted by Gasteiger charge is 2.20. The lowest BCUT2D eigenvalue weighted by Crippen LogP contribution is -2.31. The number of nitrogens with zero attached hydrogens (tertiary/aromatic N) is 2. The van der Waals surface area contributed by atoms with Crippen LogP contribution in [0.2, 0.25) is 0 Å². The fourth-order valence-corrected chi connectivity index (χ4v) is 3.50. The predicted molar refractivity (Wildman–Crippen MR) is 99.2 cm³/mol. The van der Waals surface area contributed by atoms with Gasteiger partial charge in [0.25, 0.3) is 5.91 Å². The summed E-state index contributed by atoms with van der Waals surface area (Å²) in [5.41, 5.74) is 4.05. The van der Waals surface area contributed by atoms with Gasteiger partial charge in [0.1, 0.15) is 0 Å². The zero-order valence-corrected chi connectivity index (χ0v) is 15.1. The first-order chi connectivity index (χ1) is 11.5. The van der Waals surface area contributed by atoms with E-state index in [1.807, 2.05) is 62.3 Å². The number of carbonyl (C=O) groups is 1. The molecule has 0 aliphatic carbocycles. The highest BCUT2D eigenvalue weighted by atomic mass is 32.1. The fourth-order valence-electron chi connectivity index (χ4n) is 2.78. The minimum atomic E-state index is 0.0887. The molecule has 0 aliphatic rings. The van der Waals surface area contributed by atoms with Crippen molar-refractivity contribution in [3.05, 3.63) is 81.3 Å². The van der Waals surface area contributed by atoms with Crippen LogP contribution in [0.5, 0.6) is 0 Å². The Kier molecular flexibility index (Phi) is 4.86. The average Bonchev–Trinajstić information content (AvgIpc) is 3.21. The Balaban J connectivity index is 1.92. The molecule has 0 bridgehead atoms. The number of benzene rings is 1. The van der Waals surface area contributed by atoms with Gasteiger partial charge < -0.3 is 9.47 Å². The van der Waals surface area contributed by atoms with E-state index in [1.165, 1.54) is 4.88 Å². The van der Waals surface area contributed by atoms with Crippen LogP contribution in [0.25, 0.3) is 0 Å². The third kappa shape index (κ3) is 3.60. The van der Waals surface area contributed by atoms with Crippen LogP contribution in [0.3, 0.4) is 0 Å². The summed E-state index contributed by atoms with van der Waals surface area (Å²) < 4.78 is 2.07. The largest absolute Gasteiger partial charge is 0.353 e. The molecule has 0 spiro atoms. The predicted octanol–water partition coefficient (Wildman–Crippen LogP) is 4.55. The molecule has 24 heavy (non-hydrogen) atoms. The van der Waals surface area contributed by atoms with Crippen molar-refractivity contribution in [3.8, 4) is 0 Å². The van der Waals surface area contributed by atoms with Crippen molar-refractivity contribution in [2.24, 2.45) is 7.05 Å². The van der Waals surface area contributed by atoms with Gasteiger partial charge >= 0.3 is 0 Å². The molecular weight excluding hydrogens is 316 g/mol. The molecule has 0 aliphatic heterocycles. The third-order valence-corrected chi connectivity index (χ3v) is 5.10. The Morgan fingerprint density at radius 2 is 1.96 bits per heavy atom. The number of hydrogen-bond donors (Lipinski definition) is 0. The Labute approximate surface area is 147 Å². The van der Waals surface area contributed by atoms with Crippen molar-refractivity contribution >= 4 is 17.2 Å². The highest BCUT2D eigenvalue weighted by Crippen LogP contribution is 2.20. The molecule has 0 unspecified atom stereocenters. The summed E-state index contributed by atoms with van der Waals surface area (Å²) in [6, 6.07) is 14.3. The topological polar surface area (TPSA) is 25.2 Å². The summed E-state index contributed by atoms with van der Waals surface area (Å²) in [5.74, 6) is 0.0887. The van der Waals surface area contributed by atoms with Crippen molar-refractivity contribution < 1.29 is 4.79 Å². The van der Waals surface area contributed by atoms with Gasteiger partial charge in [-0.1, -0.05) is 23.8 Å². The molecule has 3 rings (SSSR count). The molecule has 0 saturated carbocycles. The summed E-state index contributed by atoms with van der Waals surface area (Å²) in [6.45, 7) is 5.26. The molecule has 3 nitrogen and oxygen atoms in total. The molecule has 0 atom stereocenters. The van der Waals surface area contributed by atoms with Crippen LogP contribution >= 0.6 is 11.3 Å². The second-order valence-corrected chi connectivity index (χ2v) is 7.20. The van der Waals surface area contributed by atoms with E-state index >= 15 is 0 Å². The number of amides is 1. The first-order valence-electron chi connectivity index (χ1n) is 8.03. The summed E-state index contributed by atoms with van der Waals surface area (Å²) in [6.07, 6.45) is 2.01. The molecule has 124 valence electrons. The standard InChI is InChI=1S/C20H22N2OS/c1-15-8-9-16(2)19(12-15)20(23)22(14-18-7-5-11-24-18)13-17-6-4-10-21(17)3/h4-12H,13-14H2,1-3H3. The Hall–Kier alpha value is -2.33. The van der Waals surface area contributed by atoms with Gasteiger partial charge in [0.05, 0.1) is 13.1 Å². The maximum absolute atomic E-state index is 13.2.